The molecule has 2 aliphatic carbocycles. The lowest BCUT2D eigenvalue weighted by Crippen LogP contribution is -2.58. The molecule has 45 heavy (non-hydrogen) atoms. The predicted molar refractivity (Wildman–Crippen MR) is 172 cm³/mol. The standard InChI is InChI=1S/C35H47ClN4O5/c1-18(2)30(41)29-19(3)28-17-40(29)33(42)31(35(4,5)6)39-34(43)45-27-15-20-14-23(20)22(27)10-8-7-9-11-25-32(44-28)38-26-16-21(36)12-13-24(26)37-25/h12-13,16,18-20,22-23,27-29,31H,7-11,14-15,17H2,1-6H3,(H,39,43). The monoisotopic (exact) mass is 638 g/mol. The topological polar surface area (TPSA) is 111 Å². The fraction of sp³-hybridized carbons (Fsp3) is 0.686. The Balaban J connectivity index is 1.38. The summed E-state index contributed by atoms with van der Waals surface area (Å²) in [5, 5.41) is 3.50. The number of rotatable bonds is 2. The highest BCUT2D eigenvalue weighted by atomic mass is 35.5. The van der Waals surface area contributed by atoms with Crippen molar-refractivity contribution in [3.05, 3.63) is 28.9 Å². The van der Waals surface area contributed by atoms with E-state index in [1.165, 1.54) is 6.42 Å². The van der Waals surface area contributed by atoms with Gasteiger partial charge in [0.1, 0.15) is 23.9 Å². The second kappa shape index (κ2) is 12.3. The molecule has 8 unspecified atom stereocenters. The number of nitrogens with one attached hydrogen (secondary N) is 1. The summed E-state index contributed by atoms with van der Waals surface area (Å²) in [6.07, 6.45) is 5.62. The Bertz CT molecular complexity index is 1470. The van der Waals surface area contributed by atoms with Gasteiger partial charge in [-0.05, 0) is 73.5 Å². The average molecular weight is 639 g/mol. The van der Waals surface area contributed by atoms with Crippen molar-refractivity contribution in [1.29, 1.82) is 0 Å². The molecule has 1 N–H and O–H groups in total. The van der Waals surface area contributed by atoms with Gasteiger partial charge >= 0.3 is 6.09 Å². The Hall–Kier alpha value is -2.94. The summed E-state index contributed by atoms with van der Waals surface area (Å²) >= 11 is 6.30. The van der Waals surface area contributed by atoms with Crippen molar-refractivity contribution >= 4 is 40.4 Å². The van der Waals surface area contributed by atoms with E-state index in [1.807, 2.05) is 53.7 Å². The number of Topliss-reactive ketones (excluding diaryl/α,β-unsaturated/α-hetero) is 1. The molecule has 244 valence electrons. The summed E-state index contributed by atoms with van der Waals surface area (Å²) in [5.41, 5.74) is 1.54. The molecule has 3 fully saturated rings. The number of aromatic nitrogens is 2. The third-order valence-electron chi connectivity index (χ3n) is 10.5. The molecule has 10 heteroatoms. The van der Waals surface area contributed by atoms with Crippen molar-refractivity contribution in [3.63, 3.8) is 0 Å². The number of ether oxygens (including phenoxy) is 2. The van der Waals surface area contributed by atoms with Crippen LogP contribution in [0.25, 0.3) is 11.0 Å². The van der Waals surface area contributed by atoms with Crippen LogP contribution in [0.3, 0.4) is 0 Å². The van der Waals surface area contributed by atoms with E-state index in [0.29, 0.717) is 40.6 Å². The molecule has 2 bridgehead atoms. The van der Waals surface area contributed by atoms with Crippen molar-refractivity contribution in [1.82, 2.24) is 20.2 Å². The highest BCUT2D eigenvalue weighted by Gasteiger charge is 2.55. The van der Waals surface area contributed by atoms with E-state index in [9.17, 15) is 14.4 Å². The van der Waals surface area contributed by atoms with E-state index >= 15 is 0 Å². The number of fused-ring (bicyclic) bond motifs is 7. The Kier molecular flexibility index (Phi) is 8.78. The second-order valence-electron chi connectivity index (χ2n) is 15.2. The number of hydrogen-bond acceptors (Lipinski definition) is 7. The third-order valence-corrected chi connectivity index (χ3v) is 10.7. The van der Waals surface area contributed by atoms with Crippen LogP contribution in [0.1, 0.15) is 85.8 Å². The molecule has 2 amide bonds. The number of halogens is 1. The number of amides is 2. The third kappa shape index (κ3) is 6.51. The van der Waals surface area contributed by atoms with Gasteiger partial charge in [-0.25, -0.2) is 14.8 Å². The lowest BCUT2D eigenvalue weighted by molar-refractivity contribution is -0.143. The fourth-order valence-electron chi connectivity index (χ4n) is 7.84. The first-order chi connectivity index (χ1) is 21.3. The number of nitrogens with zero attached hydrogens (tertiary/aromatic N) is 3. The van der Waals surface area contributed by atoms with Crippen LogP contribution in [0.4, 0.5) is 4.79 Å². The minimum Gasteiger partial charge on any atom is -0.471 e. The van der Waals surface area contributed by atoms with E-state index in [4.69, 9.17) is 31.0 Å². The zero-order valence-corrected chi connectivity index (χ0v) is 28.1. The lowest BCUT2D eigenvalue weighted by atomic mass is 9.85. The Morgan fingerprint density at radius 2 is 1.80 bits per heavy atom. The lowest BCUT2D eigenvalue weighted by Gasteiger charge is -2.36. The largest absolute Gasteiger partial charge is 0.471 e. The number of carbonyl (C=O) groups is 3. The van der Waals surface area contributed by atoms with Crippen LogP contribution in [0, 0.1) is 35.0 Å². The van der Waals surface area contributed by atoms with Gasteiger partial charge < -0.3 is 19.7 Å². The fourth-order valence-corrected chi connectivity index (χ4v) is 8.01. The van der Waals surface area contributed by atoms with Gasteiger partial charge in [-0.3, -0.25) is 9.59 Å². The number of carbonyl (C=O) groups excluding carboxylic acids is 3. The Morgan fingerprint density at radius 1 is 1.02 bits per heavy atom. The summed E-state index contributed by atoms with van der Waals surface area (Å²) < 4.78 is 12.7. The number of hydrogen-bond donors (Lipinski definition) is 1. The summed E-state index contributed by atoms with van der Waals surface area (Å²) in [6.45, 7) is 11.6. The molecular formula is C35H47ClN4O5. The van der Waals surface area contributed by atoms with Gasteiger partial charge in [0.05, 0.1) is 23.6 Å². The molecule has 2 saturated carbocycles. The second-order valence-corrected chi connectivity index (χ2v) is 15.6. The van der Waals surface area contributed by atoms with Crippen molar-refractivity contribution in [2.75, 3.05) is 6.54 Å². The van der Waals surface area contributed by atoms with Gasteiger partial charge in [-0.1, -0.05) is 66.0 Å². The quantitative estimate of drug-likeness (QED) is 0.406. The number of aryl methyl sites for hydroxylation is 1. The normalized spacial score (nSPS) is 32.5. The van der Waals surface area contributed by atoms with Crippen molar-refractivity contribution in [2.45, 2.75) is 111 Å². The van der Waals surface area contributed by atoms with Crippen LogP contribution in [0.15, 0.2) is 18.2 Å². The zero-order chi connectivity index (χ0) is 32.2. The molecule has 1 aromatic heterocycles. The van der Waals surface area contributed by atoms with Crippen LogP contribution in [0.5, 0.6) is 5.88 Å². The number of alkyl carbamates (subject to hydrolysis) is 1. The van der Waals surface area contributed by atoms with Crippen LogP contribution in [0.2, 0.25) is 5.02 Å². The van der Waals surface area contributed by atoms with Gasteiger partial charge in [0.25, 0.3) is 0 Å². The molecule has 2 aromatic rings. The van der Waals surface area contributed by atoms with Crippen molar-refractivity contribution in [3.8, 4) is 5.88 Å². The molecule has 1 saturated heterocycles. The van der Waals surface area contributed by atoms with E-state index in [-0.39, 0.29) is 36.2 Å². The summed E-state index contributed by atoms with van der Waals surface area (Å²) in [7, 11) is 0. The van der Waals surface area contributed by atoms with Gasteiger partial charge in [0.15, 0.2) is 5.78 Å². The van der Waals surface area contributed by atoms with E-state index in [2.05, 4.69) is 5.32 Å². The predicted octanol–water partition coefficient (Wildman–Crippen LogP) is 6.38. The van der Waals surface area contributed by atoms with Crippen LogP contribution in [-0.4, -0.2) is 63.5 Å². The summed E-state index contributed by atoms with van der Waals surface area (Å²) in [6, 6.07) is 3.88. The molecule has 8 atom stereocenters. The maximum Gasteiger partial charge on any atom is 0.408 e. The average Bonchev–Trinajstić information content (AvgIpc) is 3.54. The molecule has 1 aromatic carbocycles. The Labute approximate surface area is 271 Å². The SMILES string of the molecule is CC(C)C(=O)C1C(C)C2CN1C(=O)C(C(C)(C)C)NC(=O)OC1CC3CC3C1CCCCCc1nc3ccc(Cl)cc3nc1O2. The zero-order valence-electron chi connectivity index (χ0n) is 27.3. The van der Waals surface area contributed by atoms with Gasteiger partial charge in [-0.15, -0.1) is 0 Å². The summed E-state index contributed by atoms with van der Waals surface area (Å²) in [5.74, 6) is 1.09. The van der Waals surface area contributed by atoms with Gasteiger partial charge in [0, 0.05) is 16.9 Å². The van der Waals surface area contributed by atoms with Crippen molar-refractivity contribution in [2.24, 2.45) is 35.0 Å². The Morgan fingerprint density at radius 3 is 2.53 bits per heavy atom. The van der Waals surface area contributed by atoms with Gasteiger partial charge in [-0.2, -0.15) is 0 Å². The highest BCUT2D eigenvalue weighted by molar-refractivity contribution is 6.31. The summed E-state index contributed by atoms with van der Waals surface area (Å²) in [4.78, 5) is 52.9. The van der Waals surface area contributed by atoms with Crippen LogP contribution < -0.4 is 10.1 Å². The first kappa shape index (κ1) is 32.0. The van der Waals surface area contributed by atoms with E-state index < -0.39 is 29.7 Å². The number of benzene rings is 1. The highest BCUT2D eigenvalue weighted by Crippen LogP contribution is 2.57. The molecule has 9 nitrogen and oxygen atoms in total. The van der Waals surface area contributed by atoms with Crippen LogP contribution >= 0.6 is 11.6 Å². The minimum atomic E-state index is -0.884. The molecule has 4 aliphatic rings. The van der Waals surface area contributed by atoms with E-state index in [0.717, 1.165) is 43.3 Å². The van der Waals surface area contributed by atoms with Crippen LogP contribution in [-0.2, 0) is 20.7 Å². The number of ketones is 1. The first-order valence-corrected chi connectivity index (χ1v) is 17.1. The first-order valence-electron chi connectivity index (χ1n) is 16.8. The molecule has 0 spiro atoms. The molecule has 2 aliphatic heterocycles. The molecule has 6 rings (SSSR count). The maximum absolute atomic E-state index is 14.4. The molecule has 3 heterocycles. The smallest absolute Gasteiger partial charge is 0.408 e. The van der Waals surface area contributed by atoms with Gasteiger partial charge in [0.2, 0.25) is 11.8 Å². The van der Waals surface area contributed by atoms with Crippen molar-refractivity contribution < 1.29 is 23.9 Å². The molecular weight excluding hydrogens is 592 g/mol. The molecule has 0 radical (unpaired) electrons. The maximum atomic E-state index is 14.4. The minimum absolute atomic E-state index is 0.0345. The van der Waals surface area contributed by atoms with E-state index in [1.54, 1.807) is 11.0 Å².